The molecule has 1 aliphatic rings. The molecule has 0 N–H and O–H groups in total. The summed E-state index contributed by atoms with van der Waals surface area (Å²) in [5.74, 6) is -1.04. The molecule has 29 heavy (non-hydrogen) atoms. The first-order valence-electron chi connectivity index (χ1n) is 9.43. The molecule has 0 unspecified atom stereocenters. The van der Waals surface area contributed by atoms with Crippen LogP contribution in [0.25, 0.3) is 0 Å². The van der Waals surface area contributed by atoms with Crippen LogP contribution in [0.1, 0.15) is 31.2 Å². The fourth-order valence-corrected chi connectivity index (χ4v) is 4.13. The summed E-state index contributed by atoms with van der Waals surface area (Å²) in [4.78, 5) is 42.1. The Bertz CT molecular complexity index is 996. The lowest BCUT2D eigenvalue weighted by Gasteiger charge is -2.24. The highest BCUT2D eigenvalue weighted by atomic mass is 32.1. The number of fused-ring (bicyclic) bond motifs is 1. The number of imide groups is 1. The fraction of sp³-hybridized carbons (Fsp3) is 0.174. The van der Waals surface area contributed by atoms with Crippen LogP contribution in [-0.2, 0) is 17.8 Å². The van der Waals surface area contributed by atoms with Gasteiger partial charge in [0, 0.05) is 11.4 Å². The molecule has 0 fully saturated rings. The van der Waals surface area contributed by atoms with E-state index in [-0.39, 0.29) is 12.5 Å². The number of benzene rings is 2. The number of nitrogens with zero attached hydrogens (tertiary/aromatic N) is 2. The molecule has 5 nitrogen and oxygen atoms in total. The lowest BCUT2D eigenvalue weighted by molar-refractivity contribution is -0.132. The fourth-order valence-electron chi connectivity index (χ4n) is 3.41. The molecule has 146 valence electrons. The van der Waals surface area contributed by atoms with Crippen LogP contribution in [-0.4, -0.2) is 40.6 Å². The third-order valence-corrected chi connectivity index (χ3v) is 5.83. The van der Waals surface area contributed by atoms with E-state index in [9.17, 15) is 14.4 Å². The number of hydrogen-bond donors (Lipinski definition) is 0. The van der Waals surface area contributed by atoms with Gasteiger partial charge in [-0.1, -0.05) is 48.5 Å². The van der Waals surface area contributed by atoms with E-state index >= 15 is 0 Å². The van der Waals surface area contributed by atoms with Crippen molar-refractivity contribution in [1.82, 2.24) is 9.80 Å². The van der Waals surface area contributed by atoms with E-state index in [1.54, 1.807) is 40.5 Å². The van der Waals surface area contributed by atoms with Crippen LogP contribution in [0.2, 0.25) is 0 Å². The zero-order valence-corrected chi connectivity index (χ0v) is 16.6. The van der Waals surface area contributed by atoms with Crippen molar-refractivity contribution in [3.8, 4) is 0 Å². The number of carbonyl (C=O) groups excluding carboxylic acids is 3. The van der Waals surface area contributed by atoms with Crippen molar-refractivity contribution in [2.24, 2.45) is 0 Å². The van der Waals surface area contributed by atoms with Gasteiger partial charge in [-0.25, -0.2) is 0 Å². The van der Waals surface area contributed by atoms with Crippen molar-refractivity contribution in [3.05, 3.63) is 93.7 Å². The molecule has 2 heterocycles. The van der Waals surface area contributed by atoms with E-state index in [0.29, 0.717) is 30.6 Å². The van der Waals surface area contributed by atoms with Gasteiger partial charge in [-0.2, -0.15) is 0 Å². The van der Waals surface area contributed by atoms with Crippen LogP contribution in [0.3, 0.4) is 0 Å². The second kappa shape index (κ2) is 8.41. The third kappa shape index (κ3) is 4.12. The molecule has 0 atom stereocenters. The Kier molecular flexibility index (Phi) is 5.53. The van der Waals surface area contributed by atoms with Gasteiger partial charge in [0.2, 0.25) is 5.91 Å². The van der Waals surface area contributed by atoms with Crippen LogP contribution >= 0.6 is 11.3 Å². The molecule has 0 spiro atoms. The zero-order valence-electron chi connectivity index (χ0n) is 15.8. The van der Waals surface area contributed by atoms with Gasteiger partial charge in [-0.3, -0.25) is 19.3 Å². The van der Waals surface area contributed by atoms with Crippen LogP contribution in [0.4, 0.5) is 0 Å². The quantitative estimate of drug-likeness (QED) is 0.565. The van der Waals surface area contributed by atoms with Crippen molar-refractivity contribution in [1.29, 1.82) is 0 Å². The highest BCUT2D eigenvalue weighted by molar-refractivity contribution is 7.09. The summed E-state index contributed by atoms with van der Waals surface area (Å²) >= 11 is 1.58. The Morgan fingerprint density at radius 2 is 1.52 bits per heavy atom. The average molecular weight is 404 g/mol. The van der Waals surface area contributed by atoms with Crippen molar-refractivity contribution in [2.75, 3.05) is 13.1 Å². The number of amides is 3. The minimum atomic E-state index is -0.405. The molecule has 1 aromatic heterocycles. The molecule has 3 amide bonds. The maximum atomic E-state index is 13.1. The van der Waals surface area contributed by atoms with E-state index < -0.39 is 11.8 Å². The smallest absolute Gasteiger partial charge is 0.262 e. The van der Waals surface area contributed by atoms with Crippen LogP contribution in [0.5, 0.6) is 0 Å². The summed E-state index contributed by atoms with van der Waals surface area (Å²) < 4.78 is 0. The van der Waals surface area contributed by atoms with Crippen LogP contribution in [0, 0.1) is 0 Å². The highest BCUT2D eigenvalue weighted by Crippen LogP contribution is 2.22. The summed E-state index contributed by atoms with van der Waals surface area (Å²) in [5.41, 5.74) is 1.86. The van der Waals surface area contributed by atoms with E-state index in [1.165, 1.54) is 0 Å². The maximum absolute atomic E-state index is 13.1. The van der Waals surface area contributed by atoms with Crippen molar-refractivity contribution in [2.45, 2.75) is 13.0 Å². The molecule has 2 aromatic carbocycles. The number of rotatable bonds is 7. The predicted octanol–water partition coefficient (Wildman–Crippen LogP) is 3.62. The van der Waals surface area contributed by atoms with Gasteiger partial charge >= 0.3 is 0 Å². The second-order valence-corrected chi connectivity index (χ2v) is 7.90. The summed E-state index contributed by atoms with van der Waals surface area (Å²) in [7, 11) is 0. The molecule has 0 saturated carbocycles. The Morgan fingerprint density at radius 1 is 0.862 bits per heavy atom. The first-order valence-corrected chi connectivity index (χ1v) is 10.3. The number of carbonyl (C=O) groups is 3. The van der Waals surface area contributed by atoms with Crippen LogP contribution in [0.15, 0.2) is 72.1 Å². The van der Waals surface area contributed by atoms with Crippen molar-refractivity contribution < 1.29 is 14.4 Å². The van der Waals surface area contributed by atoms with E-state index in [2.05, 4.69) is 0 Å². The summed E-state index contributed by atoms with van der Waals surface area (Å²) in [6.07, 6.45) is 0.708. The monoisotopic (exact) mass is 404 g/mol. The van der Waals surface area contributed by atoms with Crippen LogP contribution < -0.4 is 0 Å². The molecule has 4 rings (SSSR count). The lowest BCUT2D eigenvalue weighted by Crippen LogP contribution is -2.43. The Balaban J connectivity index is 1.49. The summed E-state index contributed by atoms with van der Waals surface area (Å²) in [5, 5.41) is 1.97. The van der Waals surface area contributed by atoms with E-state index in [4.69, 9.17) is 0 Å². The molecule has 0 saturated heterocycles. The molecular formula is C23H20N2O3S. The largest absolute Gasteiger partial charge is 0.336 e. The lowest BCUT2D eigenvalue weighted by atomic mass is 10.1. The van der Waals surface area contributed by atoms with Gasteiger partial charge in [-0.05, 0) is 35.6 Å². The van der Waals surface area contributed by atoms with Crippen molar-refractivity contribution in [3.63, 3.8) is 0 Å². The second-order valence-electron chi connectivity index (χ2n) is 6.87. The predicted molar refractivity (Wildman–Crippen MR) is 112 cm³/mol. The van der Waals surface area contributed by atoms with Gasteiger partial charge < -0.3 is 4.90 Å². The van der Waals surface area contributed by atoms with E-state index in [1.807, 2.05) is 47.8 Å². The molecule has 3 aromatic rings. The number of hydrogen-bond acceptors (Lipinski definition) is 4. The molecule has 0 aliphatic carbocycles. The summed E-state index contributed by atoms with van der Waals surface area (Å²) in [6, 6.07) is 20.6. The third-order valence-electron chi connectivity index (χ3n) is 4.96. The molecule has 0 bridgehead atoms. The Hall–Kier alpha value is -3.25. The molecule has 6 heteroatoms. The maximum Gasteiger partial charge on any atom is 0.262 e. The average Bonchev–Trinajstić information content (AvgIpc) is 3.35. The van der Waals surface area contributed by atoms with Gasteiger partial charge in [0.15, 0.2) is 0 Å². The summed E-state index contributed by atoms with van der Waals surface area (Å²) in [6.45, 7) is 0.739. The Labute approximate surface area is 173 Å². The molecule has 1 aliphatic heterocycles. The van der Waals surface area contributed by atoms with Gasteiger partial charge in [0.1, 0.15) is 6.54 Å². The minimum Gasteiger partial charge on any atom is -0.336 e. The molecular weight excluding hydrogens is 384 g/mol. The minimum absolute atomic E-state index is 0.233. The van der Waals surface area contributed by atoms with Gasteiger partial charge in [0.05, 0.1) is 17.7 Å². The highest BCUT2D eigenvalue weighted by Gasteiger charge is 2.37. The first-order chi connectivity index (χ1) is 14.1. The topological polar surface area (TPSA) is 57.7 Å². The molecule has 0 radical (unpaired) electrons. The first kappa shape index (κ1) is 19.1. The zero-order chi connectivity index (χ0) is 20.2. The number of thiophene rings is 1. The SMILES string of the molecule is O=C(CN1C(=O)c2ccccc2C1=O)N(CCc1ccccc1)Cc1cccs1. The normalized spacial score (nSPS) is 12.9. The Morgan fingerprint density at radius 3 is 2.14 bits per heavy atom. The van der Waals surface area contributed by atoms with Gasteiger partial charge in [0.25, 0.3) is 11.8 Å². The van der Waals surface area contributed by atoms with Gasteiger partial charge in [-0.15, -0.1) is 11.3 Å². The van der Waals surface area contributed by atoms with Crippen molar-refractivity contribution >= 4 is 29.1 Å². The standard InChI is InChI=1S/C23H20N2O3S/c26-21(16-25-22(27)19-10-4-5-11-20(19)23(25)28)24(15-18-9-6-14-29-18)13-12-17-7-2-1-3-8-17/h1-11,14H,12-13,15-16H2. The van der Waals surface area contributed by atoms with E-state index in [0.717, 1.165) is 15.3 Å².